The third-order valence-corrected chi connectivity index (χ3v) is 4.21. The van der Waals surface area contributed by atoms with Crippen LogP contribution in [0.4, 0.5) is 5.95 Å². The molecule has 1 fully saturated rings. The molecule has 1 aliphatic heterocycles. The van der Waals surface area contributed by atoms with Crippen molar-refractivity contribution in [3.05, 3.63) is 17.5 Å². The van der Waals surface area contributed by atoms with Gasteiger partial charge in [-0.3, -0.25) is 0 Å². The molecule has 1 aliphatic rings. The Morgan fingerprint density at radius 2 is 1.89 bits per heavy atom. The van der Waals surface area contributed by atoms with Crippen molar-refractivity contribution >= 4 is 5.95 Å². The Hall–Kier alpha value is -1.16. The minimum Gasteiger partial charge on any atom is -0.341 e. The quantitative estimate of drug-likeness (QED) is 0.908. The van der Waals surface area contributed by atoms with Gasteiger partial charge in [-0.1, -0.05) is 13.8 Å². The first-order chi connectivity index (χ1) is 8.93. The summed E-state index contributed by atoms with van der Waals surface area (Å²) >= 11 is 0. The summed E-state index contributed by atoms with van der Waals surface area (Å²) < 4.78 is 0. The van der Waals surface area contributed by atoms with Crippen LogP contribution in [0.1, 0.15) is 50.9 Å². The summed E-state index contributed by atoms with van der Waals surface area (Å²) in [6, 6.07) is 2.09. The Balaban J connectivity index is 2.15. The zero-order chi connectivity index (χ0) is 14.0. The fourth-order valence-electron chi connectivity index (χ4n) is 2.46. The normalized spacial score (nSPS) is 18.9. The van der Waals surface area contributed by atoms with Crippen molar-refractivity contribution in [3.63, 3.8) is 0 Å². The Labute approximate surface area is 116 Å². The molecule has 1 aromatic rings. The number of aryl methyl sites for hydroxylation is 1. The van der Waals surface area contributed by atoms with E-state index in [0.29, 0.717) is 5.92 Å². The van der Waals surface area contributed by atoms with E-state index in [1.54, 1.807) is 0 Å². The minimum atomic E-state index is 0.265. The molecule has 0 aromatic carbocycles. The first-order valence-corrected chi connectivity index (χ1v) is 7.23. The smallest absolute Gasteiger partial charge is 0.225 e. The monoisotopic (exact) mass is 262 g/mol. The predicted molar refractivity (Wildman–Crippen MR) is 79.8 cm³/mol. The average molecular weight is 262 g/mol. The summed E-state index contributed by atoms with van der Waals surface area (Å²) in [5.41, 5.74) is 2.47. The molecular formula is C15H26N4. The molecule has 2 heterocycles. The average Bonchev–Trinajstić information content (AvgIpc) is 2.39. The highest BCUT2D eigenvalue weighted by Gasteiger charge is 2.29. The van der Waals surface area contributed by atoms with E-state index >= 15 is 0 Å². The molecule has 0 unspecified atom stereocenters. The van der Waals surface area contributed by atoms with E-state index in [-0.39, 0.29) is 5.54 Å². The molecule has 1 N–H and O–H groups in total. The van der Waals surface area contributed by atoms with Gasteiger partial charge in [-0.2, -0.15) is 0 Å². The number of hydrogen-bond acceptors (Lipinski definition) is 4. The molecule has 0 atom stereocenters. The summed E-state index contributed by atoms with van der Waals surface area (Å²) in [7, 11) is 2.05. The number of aromatic nitrogens is 2. The number of piperidine rings is 1. The van der Waals surface area contributed by atoms with Gasteiger partial charge < -0.3 is 10.2 Å². The number of nitrogens with one attached hydrogen (secondary N) is 1. The van der Waals surface area contributed by atoms with Gasteiger partial charge in [0, 0.05) is 30.0 Å². The maximum absolute atomic E-state index is 4.72. The minimum absolute atomic E-state index is 0.265. The van der Waals surface area contributed by atoms with Gasteiger partial charge in [0.2, 0.25) is 5.95 Å². The molecule has 0 radical (unpaired) electrons. The molecule has 106 valence electrons. The molecule has 0 spiro atoms. The Morgan fingerprint density at radius 3 is 2.42 bits per heavy atom. The highest BCUT2D eigenvalue weighted by atomic mass is 15.3. The first kappa shape index (κ1) is 14.3. The van der Waals surface area contributed by atoms with Crippen LogP contribution in [0.5, 0.6) is 0 Å². The van der Waals surface area contributed by atoms with E-state index in [1.807, 2.05) is 0 Å². The number of rotatable bonds is 3. The third kappa shape index (κ3) is 3.24. The first-order valence-electron chi connectivity index (χ1n) is 7.23. The van der Waals surface area contributed by atoms with Gasteiger partial charge in [0.25, 0.3) is 0 Å². The van der Waals surface area contributed by atoms with E-state index < -0.39 is 0 Å². The second-order valence-corrected chi connectivity index (χ2v) is 6.19. The Morgan fingerprint density at radius 1 is 1.26 bits per heavy atom. The van der Waals surface area contributed by atoms with Crippen LogP contribution in [0.3, 0.4) is 0 Å². The largest absolute Gasteiger partial charge is 0.341 e. The van der Waals surface area contributed by atoms with Gasteiger partial charge in [-0.15, -0.1) is 0 Å². The molecule has 0 aliphatic carbocycles. The lowest BCUT2D eigenvalue weighted by molar-refractivity contribution is 0.303. The predicted octanol–water partition coefficient (Wildman–Crippen LogP) is 2.49. The van der Waals surface area contributed by atoms with Crippen molar-refractivity contribution in [2.24, 2.45) is 0 Å². The molecule has 0 bridgehead atoms. The number of hydrogen-bond donors (Lipinski definition) is 1. The van der Waals surface area contributed by atoms with Crippen molar-refractivity contribution in [2.45, 2.75) is 52.0 Å². The SMILES string of the molecule is CNC1(C)CCN(c2nc(C)cc(C(C)C)n2)CC1. The molecule has 19 heavy (non-hydrogen) atoms. The summed E-state index contributed by atoms with van der Waals surface area (Å²) in [6.45, 7) is 10.8. The molecule has 0 amide bonds. The fraction of sp³-hybridized carbons (Fsp3) is 0.733. The second kappa shape index (κ2) is 5.45. The van der Waals surface area contributed by atoms with Crippen molar-refractivity contribution in [1.29, 1.82) is 0 Å². The summed E-state index contributed by atoms with van der Waals surface area (Å²) in [5.74, 6) is 1.36. The number of anilines is 1. The topological polar surface area (TPSA) is 41.0 Å². The van der Waals surface area contributed by atoms with E-state index in [9.17, 15) is 0 Å². The van der Waals surface area contributed by atoms with Crippen molar-refractivity contribution in [1.82, 2.24) is 15.3 Å². The van der Waals surface area contributed by atoms with E-state index in [0.717, 1.165) is 43.3 Å². The molecule has 4 nitrogen and oxygen atoms in total. The molecule has 1 aromatic heterocycles. The summed E-state index contributed by atoms with van der Waals surface area (Å²) in [5, 5.41) is 3.43. The van der Waals surface area contributed by atoms with Crippen LogP contribution in [0.15, 0.2) is 6.07 Å². The lowest BCUT2D eigenvalue weighted by atomic mass is 9.90. The third-order valence-electron chi connectivity index (χ3n) is 4.21. The highest BCUT2D eigenvalue weighted by Crippen LogP contribution is 2.25. The Bertz CT molecular complexity index is 434. The van der Waals surface area contributed by atoms with Crippen LogP contribution in [-0.2, 0) is 0 Å². The molecule has 4 heteroatoms. The zero-order valence-corrected chi connectivity index (χ0v) is 12.8. The van der Waals surface area contributed by atoms with Gasteiger partial charge in [0.05, 0.1) is 0 Å². The molecular weight excluding hydrogens is 236 g/mol. The van der Waals surface area contributed by atoms with E-state index in [1.165, 1.54) is 0 Å². The molecule has 0 saturated carbocycles. The van der Waals surface area contributed by atoms with Crippen LogP contribution in [0.2, 0.25) is 0 Å². The highest BCUT2D eigenvalue weighted by molar-refractivity contribution is 5.34. The van der Waals surface area contributed by atoms with Crippen molar-refractivity contribution in [2.75, 3.05) is 25.0 Å². The van der Waals surface area contributed by atoms with Gasteiger partial charge in [0.1, 0.15) is 0 Å². The lowest BCUT2D eigenvalue weighted by Crippen LogP contribution is -2.50. The standard InChI is InChI=1S/C15H26N4/c1-11(2)13-10-12(3)17-14(18-13)19-8-6-15(4,16-5)7-9-19/h10-11,16H,6-9H2,1-5H3. The van der Waals surface area contributed by atoms with E-state index in [4.69, 9.17) is 4.98 Å². The van der Waals surface area contributed by atoms with Gasteiger partial charge >= 0.3 is 0 Å². The van der Waals surface area contributed by atoms with Crippen LogP contribution in [-0.4, -0.2) is 35.6 Å². The van der Waals surface area contributed by atoms with Crippen LogP contribution < -0.4 is 10.2 Å². The lowest BCUT2D eigenvalue weighted by Gasteiger charge is -2.39. The fourth-order valence-corrected chi connectivity index (χ4v) is 2.46. The second-order valence-electron chi connectivity index (χ2n) is 6.19. The van der Waals surface area contributed by atoms with Crippen molar-refractivity contribution in [3.8, 4) is 0 Å². The summed E-state index contributed by atoms with van der Waals surface area (Å²) in [6.07, 6.45) is 2.27. The van der Waals surface area contributed by atoms with Crippen molar-refractivity contribution < 1.29 is 0 Å². The van der Waals surface area contributed by atoms with Gasteiger partial charge in [-0.25, -0.2) is 9.97 Å². The Kier molecular flexibility index (Phi) is 4.09. The van der Waals surface area contributed by atoms with E-state index in [2.05, 4.69) is 56.0 Å². The van der Waals surface area contributed by atoms with Gasteiger partial charge in [0.15, 0.2) is 0 Å². The summed E-state index contributed by atoms with van der Waals surface area (Å²) in [4.78, 5) is 11.7. The maximum Gasteiger partial charge on any atom is 0.225 e. The van der Waals surface area contributed by atoms with Gasteiger partial charge in [-0.05, 0) is 45.7 Å². The molecule has 2 rings (SSSR count). The zero-order valence-electron chi connectivity index (χ0n) is 12.8. The molecule has 1 saturated heterocycles. The van der Waals surface area contributed by atoms with Crippen LogP contribution in [0, 0.1) is 6.92 Å². The maximum atomic E-state index is 4.72. The van der Waals surface area contributed by atoms with Crippen LogP contribution >= 0.6 is 0 Å². The number of nitrogens with zero attached hydrogens (tertiary/aromatic N) is 3. The van der Waals surface area contributed by atoms with Crippen LogP contribution in [0.25, 0.3) is 0 Å².